The number of nitrogens with two attached hydrogens (primary N) is 1. The van der Waals surface area contributed by atoms with E-state index in [-0.39, 0.29) is 10.8 Å². The molecule has 27 heavy (non-hydrogen) atoms. The van der Waals surface area contributed by atoms with E-state index in [1.165, 1.54) is 11.8 Å². The van der Waals surface area contributed by atoms with Gasteiger partial charge in [-0.15, -0.1) is 4.00 Å². The average molecular weight is 384 g/mol. The predicted molar refractivity (Wildman–Crippen MR) is 103 cm³/mol. The number of quaternary nitrogens is 1. The average Bonchev–Trinajstić information content (AvgIpc) is 2.69. The number of nitrogens with zero attached hydrogens (tertiary/aromatic N) is 2. The van der Waals surface area contributed by atoms with Crippen LogP contribution in [0.3, 0.4) is 0 Å². The minimum atomic E-state index is -3.83. The normalized spacial score (nSPS) is 23.4. The molecule has 1 fully saturated rings. The van der Waals surface area contributed by atoms with Gasteiger partial charge in [-0.3, -0.25) is 0 Å². The fraction of sp³-hybridized carbons (Fsp3) is 0.250. The summed E-state index contributed by atoms with van der Waals surface area (Å²) in [4.78, 5) is 3.97. The minimum Gasteiger partial charge on any atom is -0.493 e. The molecule has 0 bridgehead atoms. The second kappa shape index (κ2) is 6.60. The lowest BCUT2D eigenvalue weighted by molar-refractivity contribution is -0.824. The van der Waals surface area contributed by atoms with Gasteiger partial charge in [-0.1, -0.05) is 36.4 Å². The molecule has 0 aliphatic carbocycles. The molecule has 0 atom stereocenters. The summed E-state index contributed by atoms with van der Waals surface area (Å²) in [7, 11) is -3.83. The van der Waals surface area contributed by atoms with Gasteiger partial charge in [0.2, 0.25) is 5.88 Å². The SMILES string of the molecule is N[N+]1(S(=O)(=O)c2cccc3c(O)nccc23)CCC(c2ccccc2)CC1. The van der Waals surface area contributed by atoms with Gasteiger partial charge in [0.15, 0.2) is 0 Å². The lowest BCUT2D eigenvalue weighted by Gasteiger charge is -2.37. The number of benzene rings is 2. The summed E-state index contributed by atoms with van der Waals surface area (Å²) in [6, 6.07) is 16.6. The molecule has 1 saturated heterocycles. The third-order valence-corrected chi connectivity index (χ3v) is 7.72. The van der Waals surface area contributed by atoms with Gasteiger partial charge in [-0.05, 0) is 29.7 Å². The second-order valence-corrected chi connectivity index (χ2v) is 9.16. The Bertz CT molecular complexity index is 1080. The molecule has 140 valence electrons. The van der Waals surface area contributed by atoms with Gasteiger partial charge >= 0.3 is 10.0 Å². The summed E-state index contributed by atoms with van der Waals surface area (Å²) in [5, 5.41) is 10.8. The number of aromatic nitrogens is 1. The molecule has 0 unspecified atom stereocenters. The summed E-state index contributed by atoms with van der Waals surface area (Å²) in [5.41, 5.74) is 1.22. The number of fused-ring (bicyclic) bond motifs is 1. The third-order valence-electron chi connectivity index (χ3n) is 5.48. The molecule has 3 N–H and O–H groups in total. The molecule has 0 saturated carbocycles. The summed E-state index contributed by atoms with van der Waals surface area (Å²) >= 11 is 0. The number of aromatic hydroxyl groups is 1. The van der Waals surface area contributed by atoms with E-state index in [4.69, 9.17) is 5.84 Å². The maximum absolute atomic E-state index is 13.4. The van der Waals surface area contributed by atoms with Gasteiger partial charge < -0.3 is 5.11 Å². The van der Waals surface area contributed by atoms with Crippen LogP contribution >= 0.6 is 0 Å². The van der Waals surface area contributed by atoms with Crippen molar-refractivity contribution in [3.8, 4) is 5.88 Å². The molecule has 1 aliphatic rings. The molecule has 3 aromatic rings. The second-order valence-electron chi connectivity index (χ2n) is 7.05. The zero-order chi connectivity index (χ0) is 19.1. The smallest absolute Gasteiger partial charge is 0.345 e. The Labute approximate surface area is 158 Å². The van der Waals surface area contributed by atoms with E-state index in [9.17, 15) is 13.5 Å². The Kier molecular flexibility index (Phi) is 4.38. The van der Waals surface area contributed by atoms with E-state index < -0.39 is 14.0 Å². The molecule has 1 aromatic heterocycles. The van der Waals surface area contributed by atoms with Gasteiger partial charge in [-0.25, -0.2) is 4.98 Å². The monoisotopic (exact) mass is 384 g/mol. The third kappa shape index (κ3) is 2.97. The topological polar surface area (TPSA) is 93.3 Å². The fourth-order valence-corrected chi connectivity index (χ4v) is 5.68. The quantitative estimate of drug-likeness (QED) is 0.535. The van der Waals surface area contributed by atoms with Crippen molar-refractivity contribution < 1.29 is 17.5 Å². The minimum absolute atomic E-state index is 0.137. The van der Waals surface area contributed by atoms with Gasteiger partial charge in [0.1, 0.15) is 18.0 Å². The molecule has 6 nitrogen and oxygen atoms in total. The summed E-state index contributed by atoms with van der Waals surface area (Å²) in [6.45, 7) is 0.685. The maximum atomic E-state index is 13.4. The zero-order valence-corrected chi connectivity index (χ0v) is 15.6. The summed E-state index contributed by atoms with van der Waals surface area (Å²) < 4.78 is 26.3. The lowest BCUT2D eigenvalue weighted by Crippen LogP contribution is -2.61. The van der Waals surface area contributed by atoms with Gasteiger partial charge in [0.05, 0.1) is 0 Å². The highest BCUT2D eigenvalue weighted by Crippen LogP contribution is 2.36. The molecule has 0 radical (unpaired) electrons. The van der Waals surface area contributed by atoms with Crippen molar-refractivity contribution in [2.45, 2.75) is 23.7 Å². The van der Waals surface area contributed by atoms with E-state index in [0.717, 1.165) is 0 Å². The zero-order valence-electron chi connectivity index (χ0n) is 14.8. The van der Waals surface area contributed by atoms with Crippen LogP contribution in [0.15, 0.2) is 65.7 Å². The van der Waals surface area contributed by atoms with Crippen molar-refractivity contribution in [3.05, 3.63) is 66.4 Å². The van der Waals surface area contributed by atoms with Crippen LogP contribution in [0.5, 0.6) is 5.88 Å². The van der Waals surface area contributed by atoms with E-state index in [1.807, 2.05) is 18.2 Å². The van der Waals surface area contributed by atoms with Crippen molar-refractivity contribution in [2.75, 3.05) is 13.1 Å². The van der Waals surface area contributed by atoms with Crippen LogP contribution in [0.2, 0.25) is 0 Å². The Hall–Kier alpha value is -2.48. The Morgan fingerprint density at radius 1 is 0.963 bits per heavy atom. The van der Waals surface area contributed by atoms with Crippen LogP contribution in [-0.2, 0) is 10.0 Å². The van der Waals surface area contributed by atoms with Crippen LogP contribution in [0.1, 0.15) is 24.3 Å². The summed E-state index contributed by atoms with van der Waals surface area (Å²) in [5.74, 6) is 6.54. The van der Waals surface area contributed by atoms with E-state index in [2.05, 4.69) is 17.1 Å². The van der Waals surface area contributed by atoms with Crippen LogP contribution in [-0.4, -0.2) is 35.6 Å². The van der Waals surface area contributed by atoms with Gasteiger partial charge in [0, 0.05) is 29.8 Å². The molecule has 2 heterocycles. The van der Waals surface area contributed by atoms with Gasteiger partial charge in [0.25, 0.3) is 0 Å². The van der Waals surface area contributed by atoms with Crippen LogP contribution in [0.4, 0.5) is 0 Å². The Balaban J connectivity index is 1.68. The molecule has 7 heteroatoms. The number of pyridine rings is 1. The molecule has 1 aliphatic heterocycles. The predicted octanol–water partition coefficient (Wildman–Crippen LogP) is 2.90. The van der Waals surface area contributed by atoms with Crippen molar-refractivity contribution in [1.82, 2.24) is 4.98 Å². The molecule has 0 amide bonds. The Morgan fingerprint density at radius 2 is 1.67 bits per heavy atom. The lowest BCUT2D eigenvalue weighted by atomic mass is 9.90. The van der Waals surface area contributed by atoms with Crippen LogP contribution in [0, 0.1) is 0 Å². The maximum Gasteiger partial charge on any atom is 0.345 e. The number of hydrogen-bond acceptors (Lipinski definition) is 5. The number of rotatable bonds is 3. The molecular weight excluding hydrogens is 362 g/mol. The first-order valence-electron chi connectivity index (χ1n) is 8.95. The van der Waals surface area contributed by atoms with E-state index in [0.29, 0.717) is 42.6 Å². The van der Waals surface area contributed by atoms with Crippen LogP contribution in [0.25, 0.3) is 10.8 Å². The van der Waals surface area contributed by atoms with Crippen molar-refractivity contribution in [2.24, 2.45) is 5.84 Å². The number of piperidine rings is 1. The molecule has 4 rings (SSSR count). The first kappa shape index (κ1) is 17.9. The highest BCUT2D eigenvalue weighted by atomic mass is 32.2. The van der Waals surface area contributed by atoms with E-state index in [1.54, 1.807) is 24.3 Å². The standard InChI is InChI=1S/C20H21N3O3S/c21-23(13-10-16(11-14-23)15-5-2-1-3-6-15)27(25,26)19-8-4-7-18-17(19)9-12-22-20(18)24/h1-9,12,16H,10-11,13-14,21H2/p+1. The highest BCUT2D eigenvalue weighted by Gasteiger charge is 2.44. The first-order chi connectivity index (χ1) is 12.9. The number of hydrogen-bond donors (Lipinski definition) is 2. The first-order valence-corrected chi connectivity index (χ1v) is 10.4. The van der Waals surface area contributed by atoms with Gasteiger partial charge in [-0.2, -0.15) is 14.3 Å². The Morgan fingerprint density at radius 3 is 2.37 bits per heavy atom. The summed E-state index contributed by atoms with van der Waals surface area (Å²) in [6.07, 6.45) is 2.81. The molecule has 0 spiro atoms. The van der Waals surface area contributed by atoms with E-state index >= 15 is 0 Å². The van der Waals surface area contributed by atoms with Crippen molar-refractivity contribution in [1.29, 1.82) is 0 Å². The fourth-order valence-electron chi connectivity index (χ4n) is 3.89. The van der Waals surface area contributed by atoms with Crippen molar-refractivity contribution >= 4 is 20.8 Å². The van der Waals surface area contributed by atoms with Crippen LogP contribution < -0.4 is 5.84 Å². The highest BCUT2D eigenvalue weighted by molar-refractivity contribution is 7.86. The number of sulfonamides is 1. The van der Waals surface area contributed by atoms with Crippen molar-refractivity contribution in [3.63, 3.8) is 0 Å². The largest absolute Gasteiger partial charge is 0.493 e. The molecular formula is C20H22N3O3S+. The molecule has 2 aromatic carbocycles.